The van der Waals surface area contributed by atoms with Crippen LogP contribution in [0.25, 0.3) is 0 Å². The van der Waals surface area contributed by atoms with E-state index in [-0.39, 0.29) is 36.3 Å². The summed E-state index contributed by atoms with van der Waals surface area (Å²) in [5, 5.41) is 10.2. The minimum atomic E-state index is -0.697. The van der Waals surface area contributed by atoms with Crippen LogP contribution in [-0.2, 0) is 24.4 Å². The summed E-state index contributed by atoms with van der Waals surface area (Å²) < 4.78 is 1.32. The molecule has 1 aromatic heterocycles. The van der Waals surface area contributed by atoms with Crippen LogP contribution in [-0.4, -0.2) is 38.6 Å². The Hall–Kier alpha value is -3.85. The van der Waals surface area contributed by atoms with Crippen molar-refractivity contribution in [2.75, 3.05) is 23.7 Å². The fraction of sp³-hybridized carbons (Fsp3) is 0.370. The molecule has 192 valence electrons. The second kappa shape index (κ2) is 12.7. The highest BCUT2D eigenvalue weighted by Crippen LogP contribution is 2.22. The molecular weight excluding hydrogens is 458 g/mol. The number of para-hydroxylation sites is 1. The van der Waals surface area contributed by atoms with Crippen molar-refractivity contribution >= 4 is 17.4 Å². The van der Waals surface area contributed by atoms with Crippen LogP contribution in [0.3, 0.4) is 0 Å². The molecule has 9 heteroatoms. The molecule has 0 spiro atoms. The molecule has 0 aliphatic heterocycles. The number of H-pyrrole nitrogens is 1. The number of aromatic hydroxyl groups is 1. The van der Waals surface area contributed by atoms with E-state index in [1.165, 1.54) is 9.47 Å². The number of benzene rings is 2. The van der Waals surface area contributed by atoms with Gasteiger partial charge in [0.25, 0.3) is 5.56 Å². The summed E-state index contributed by atoms with van der Waals surface area (Å²) in [5.41, 5.74) is 6.56. The molecule has 1 heterocycles. The fourth-order valence-corrected chi connectivity index (χ4v) is 4.13. The van der Waals surface area contributed by atoms with Gasteiger partial charge in [0, 0.05) is 18.7 Å². The highest BCUT2D eigenvalue weighted by atomic mass is 16.3. The van der Waals surface area contributed by atoms with Gasteiger partial charge in [-0.3, -0.25) is 28.9 Å². The summed E-state index contributed by atoms with van der Waals surface area (Å²) >= 11 is 0. The molecule has 3 aromatic rings. The van der Waals surface area contributed by atoms with Crippen LogP contribution in [0.1, 0.15) is 44.2 Å². The monoisotopic (exact) mass is 493 g/mol. The summed E-state index contributed by atoms with van der Waals surface area (Å²) in [6.45, 7) is 5.45. The fourth-order valence-electron chi connectivity index (χ4n) is 4.13. The number of amides is 1. The lowest BCUT2D eigenvalue weighted by Gasteiger charge is -2.28. The summed E-state index contributed by atoms with van der Waals surface area (Å²) in [4.78, 5) is 44.8. The van der Waals surface area contributed by atoms with Gasteiger partial charge in [0.15, 0.2) is 5.69 Å². The second-order valence-corrected chi connectivity index (χ2v) is 8.80. The van der Waals surface area contributed by atoms with E-state index in [2.05, 4.69) is 4.98 Å². The van der Waals surface area contributed by atoms with E-state index < -0.39 is 11.2 Å². The summed E-state index contributed by atoms with van der Waals surface area (Å²) in [6.07, 6.45) is 2.34. The van der Waals surface area contributed by atoms with E-state index in [9.17, 15) is 19.5 Å². The van der Waals surface area contributed by atoms with Crippen molar-refractivity contribution in [2.45, 2.75) is 52.7 Å². The summed E-state index contributed by atoms with van der Waals surface area (Å²) in [6, 6.07) is 16.3. The summed E-state index contributed by atoms with van der Waals surface area (Å²) in [5.74, 6) is -0.194. The first kappa shape index (κ1) is 26.7. The SMILES string of the molecule is CCCCn1c(N)c(N(Cc2ccccc2)C(=O)CN(CCC)Cc2ccccc2O)c(=O)[nH]c1=O. The third kappa shape index (κ3) is 6.63. The molecule has 1 amide bonds. The number of nitrogens with zero attached hydrogens (tertiary/aromatic N) is 3. The normalized spacial score (nSPS) is 11.1. The van der Waals surface area contributed by atoms with Gasteiger partial charge in [0.05, 0.1) is 13.1 Å². The molecule has 2 aromatic carbocycles. The molecule has 36 heavy (non-hydrogen) atoms. The number of hydrogen-bond donors (Lipinski definition) is 3. The van der Waals surface area contributed by atoms with Gasteiger partial charge < -0.3 is 10.8 Å². The van der Waals surface area contributed by atoms with Gasteiger partial charge in [0.1, 0.15) is 11.6 Å². The van der Waals surface area contributed by atoms with Crippen molar-refractivity contribution in [2.24, 2.45) is 0 Å². The molecule has 9 nitrogen and oxygen atoms in total. The third-order valence-electron chi connectivity index (χ3n) is 5.99. The number of aromatic amines is 1. The van der Waals surface area contributed by atoms with Gasteiger partial charge >= 0.3 is 5.69 Å². The minimum Gasteiger partial charge on any atom is -0.508 e. The van der Waals surface area contributed by atoms with Crippen LogP contribution in [0, 0.1) is 0 Å². The molecule has 0 bridgehead atoms. The number of phenolic OH excluding ortho intramolecular Hbond substituents is 1. The largest absolute Gasteiger partial charge is 0.508 e. The van der Waals surface area contributed by atoms with Crippen LogP contribution >= 0.6 is 0 Å². The van der Waals surface area contributed by atoms with Gasteiger partial charge in [-0.15, -0.1) is 0 Å². The van der Waals surface area contributed by atoms with E-state index in [1.807, 2.05) is 61.2 Å². The lowest BCUT2D eigenvalue weighted by molar-refractivity contribution is -0.120. The van der Waals surface area contributed by atoms with E-state index >= 15 is 0 Å². The Morgan fingerprint density at radius 2 is 1.69 bits per heavy atom. The van der Waals surface area contributed by atoms with E-state index in [0.29, 0.717) is 31.6 Å². The number of nitrogens with one attached hydrogen (secondary N) is 1. The van der Waals surface area contributed by atoms with Gasteiger partial charge in [-0.25, -0.2) is 4.79 Å². The van der Waals surface area contributed by atoms with Crippen molar-refractivity contribution < 1.29 is 9.90 Å². The Morgan fingerprint density at radius 3 is 2.36 bits per heavy atom. The summed E-state index contributed by atoms with van der Waals surface area (Å²) in [7, 11) is 0. The first-order valence-electron chi connectivity index (χ1n) is 12.3. The number of phenols is 1. The van der Waals surface area contributed by atoms with E-state index in [1.54, 1.807) is 12.1 Å². The molecule has 0 radical (unpaired) electrons. The zero-order chi connectivity index (χ0) is 26.1. The van der Waals surface area contributed by atoms with E-state index in [4.69, 9.17) is 5.73 Å². The maximum Gasteiger partial charge on any atom is 0.330 e. The number of hydrogen-bond acceptors (Lipinski definition) is 6. The number of carbonyl (C=O) groups is 1. The molecule has 0 aliphatic rings. The molecule has 0 saturated heterocycles. The maximum absolute atomic E-state index is 13.7. The maximum atomic E-state index is 13.7. The topological polar surface area (TPSA) is 125 Å². The van der Waals surface area contributed by atoms with Crippen LogP contribution in [0.2, 0.25) is 0 Å². The molecule has 4 N–H and O–H groups in total. The quantitative estimate of drug-likeness (QED) is 0.356. The van der Waals surface area contributed by atoms with Gasteiger partial charge in [0.2, 0.25) is 5.91 Å². The van der Waals surface area contributed by atoms with Gasteiger partial charge in [-0.05, 0) is 31.0 Å². The molecular formula is C27H35N5O4. The Labute approximate surface area is 210 Å². The molecule has 0 unspecified atom stereocenters. The van der Waals surface area contributed by atoms with Crippen molar-refractivity contribution in [1.82, 2.24) is 14.5 Å². The Balaban J connectivity index is 2.00. The number of nitrogens with two attached hydrogens (primary N) is 1. The van der Waals surface area contributed by atoms with Crippen molar-refractivity contribution in [1.29, 1.82) is 0 Å². The van der Waals surface area contributed by atoms with Crippen molar-refractivity contribution in [3.63, 3.8) is 0 Å². The lowest BCUT2D eigenvalue weighted by Crippen LogP contribution is -2.45. The third-order valence-corrected chi connectivity index (χ3v) is 5.99. The molecule has 0 fully saturated rings. The minimum absolute atomic E-state index is 0.00196. The number of anilines is 2. The first-order valence-corrected chi connectivity index (χ1v) is 12.3. The Morgan fingerprint density at radius 1 is 1.00 bits per heavy atom. The number of nitrogen functional groups attached to an aromatic ring is 1. The van der Waals surface area contributed by atoms with E-state index in [0.717, 1.165) is 18.4 Å². The number of unbranched alkanes of at least 4 members (excludes halogenated alkanes) is 1. The van der Waals surface area contributed by atoms with Crippen LogP contribution < -0.4 is 21.9 Å². The average molecular weight is 494 g/mol. The molecule has 0 aliphatic carbocycles. The number of carbonyl (C=O) groups excluding carboxylic acids is 1. The predicted octanol–water partition coefficient (Wildman–Crippen LogP) is 3.07. The zero-order valence-corrected chi connectivity index (χ0v) is 20.9. The van der Waals surface area contributed by atoms with Crippen LogP contribution in [0.15, 0.2) is 64.2 Å². The van der Waals surface area contributed by atoms with Gasteiger partial charge in [-0.2, -0.15) is 0 Å². The predicted molar refractivity (Wildman–Crippen MR) is 142 cm³/mol. The van der Waals surface area contributed by atoms with Gasteiger partial charge in [-0.1, -0.05) is 68.8 Å². The number of aromatic nitrogens is 2. The highest BCUT2D eigenvalue weighted by molar-refractivity contribution is 5.96. The second-order valence-electron chi connectivity index (χ2n) is 8.80. The average Bonchev–Trinajstić information content (AvgIpc) is 2.85. The lowest BCUT2D eigenvalue weighted by atomic mass is 10.1. The Bertz CT molecular complexity index is 1270. The van der Waals surface area contributed by atoms with Crippen molar-refractivity contribution in [3.8, 4) is 5.75 Å². The molecule has 0 saturated carbocycles. The number of rotatable bonds is 12. The standard InChI is InChI=1S/C27H35N5O4/c1-3-5-16-31-25(28)24(26(35)29-27(31)36)32(17-20-11-7-6-8-12-20)23(34)19-30(15-4-2)18-21-13-9-10-14-22(21)33/h6-14,33H,3-5,15-19,28H2,1-2H3,(H,29,35,36). The molecule has 0 atom stereocenters. The highest BCUT2D eigenvalue weighted by Gasteiger charge is 2.26. The van der Waals surface area contributed by atoms with Crippen LogP contribution in [0.4, 0.5) is 11.5 Å². The molecule has 3 rings (SSSR count). The van der Waals surface area contributed by atoms with Crippen molar-refractivity contribution in [3.05, 3.63) is 86.6 Å². The van der Waals surface area contributed by atoms with Crippen LogP contribution in [0.5, 0.6) is 5.75 Å². The Kier molecular flexibility index (Phi) is 9.46. The first-order chi connectivity index (χ1) is 17.3. The smallest absolute Gasteiger partial charge is 0.330 e. The zero-order valence-electron chi connectivity index (χ0n) is 20.9.